The van der Waals surface area contributed by atoms with Gasteiger partial charge in [-0.05, 0) is 252 Å². The highest BCUT2D eigenvalue weighted by Crippen LogP contribution is 2.51. The van der Waals surface area contributed by atoms with Gasteiger partial charge in [0.15, 0.2) is 69.0 Å². The fraction of sp³-hybridized carbons (Fsp3) is 0.641. The van der Waals surface area contributed by atoms with Crippen LogP contribution in [0.2, 0.25) is 0 Å². The van der Waals surface area contributed by atoms with Crippen molar-refractivity contribution < 1.29 is 203 Å². The van der Waals surface area contributed by atoms with Crippen molar-refractivity contribution in [3.63, 3.8) is 0 Å². The third-order valence-corrected chi connectivity index (χ3v) is 23.2. The van der Waals surface area contributed by atoms with Gasteiger partial charge in [0.1, 0.15) is 34.7 Å². The van der Waals surface area contributed by atoms with Gasteiger partial charge in [0.25, 0.3) is 0 Å². The maximum atomic E-state index is 14.1. The number of rotatable bonds is 27. The van der Waals surface area contributed by atoms with E-state index >= 15 is 0 Å². The first-order valence-electron chi connectivity index (χ1n) is 86.9. The third kappa shape index (κ3) is 25.6. The van der Waals surface area contributed by atoms with Crippen LogP contribution in [0.25, 0.3) is 0 Å². The van der Waals surface area contributed by atoms with Crippen molar-refractivity contribution >= 4 is 34.7 Å². The highest BCUT2D eigenvalue weighted by Gasteiger charge is 2.47. The Bertz CT molecular complexity index is 9480. The van der Waals surface area contributed by atoms with Crippen LogP contribution >= 0.6 is 0 Å². The predicted molar refractivity (Wildman–Crippen MR) is 555 cm³/mol. The number of Topliss-reactive ketones (excluding diaryl/α,β-unsaturated/α-hetero) is 6. The van der Waals surface area contributed by atoms with Crippen molar-refractivity contribution in [3.8, 4) is 69.0 Å². The van der Waals surface area contributed by atoms with E-state index in [4.69, 9.17) is 171 Å². The molecule has 12 aliphatic rings. The monoisotopic (exact) mass is 2030 g/mol. The lowest BCUT2D eigenvalue weighted by atomic mass is 9.79. The molecule has 774 valence electrons. The molecule has 15 atom stereocenters. The molecule has 0 aromatic heterocycles. The van der Waals surface area contributed by atoms with Gasteiger partial charge in [-0.1, -0.05) is 102 Å². The molecule has 24 nitrogen and oxygen atoms in total. The van der Waals surface area contributed by atoms with Crippen LogP contribution in [0.15, 0.2) is 72.7 Å². The molecule has 6 fully saturated rings. The van der Waals surface area contributed by atoms with Crippen molar-refractivity contribution in [2.45, 2.75) is 253 Å². The number of fused-ring (bicyclic) bond motifs is 18. The molecule has 0 aliphatic carbocycles. The molecule has 6 aromatic carbocycles. The number of hydrogen-bond acceptors (Lipinski definition) is 24. The van der Waals surface area contributed by atoms with Crippen molar-refractivity contribution in [3.05, 3.63) is 140 Å². The number of ether oxygens (including phenoxy) is 12. The minimum atomic E-state index is -4.57. The molecule has 12 heterocycles. The van der Waals surface area contributed by atoms with E-state index in [0.717, 1.165) is 77.3 Å². The number of methoxy groups -OCH3 is 12. The van der Waals surface area contributed by atoms with Crippen molar-refractivity contribution in [1.29, 1.82) is 0 Å². The van der Waals surface area contributed by atoms with Gasteiger partial charge < -0.3 is 56.8 Å². The first kappa shape index (κ1) is 42.6. The fourth-order valence-corrected chi connectivity index (χ4v) is 16.3. The summed E-state index contributed by atoms with van der Waals surface area (Å²) in [7, 11) is -11.4. The van der Waals surface area contributed by atoms with Gasteiger partial charge in [-0.3, -0.25) is 58.2 Å². The second kappa shape index (κ2) is 50.0. The molecule has 6 saturated heterocycles. The Labute approximate surface area is 963 Å². The zero-order chi connectivity index (χ0) is 177. The Morgan fingerprint density at radius 1 is 0.340 bits per heavy atom. The molecule has 0 saturated carbocycles. The lowest BCUT2D eigenvalue weighted by Gasteiger charge is -2.43. The van der Waals surface area contributed by atoms with Gasteiger partial charge in [-0.2, -0.15) is 0 Å². The summed E-state index contributed by atoms with van der Waals surface area (Å²) in [4.78, 5) is 83.0. The summed E-state index contributed by atoms with van der Waals surface area (Å²) < 4.78 is 773. The summed E-state index contributed by atoms with van der Waals surface area (Å²) in [5.41, 5.74) is -5.65. The number of ketones is 6. The van der Waals surface area contributed by atoms with Gasteiger partial charge in [0.2, 0.25) is 0 Å². The average Bonchev–Trinajstić information content (AvgIpc) is 0.634. The lowest BCUT2D eigenvalue weighted by Crippen LogP contribution is -2.46. The normalized spacial score (nSPS) is 45.9. The van der Waals surface area contributed by atoms with E-state index in [1.165, 1.54) is 14.2 Å². The Morgan fingerprint density at radius 3 is 1.07 bits per heavy atom. The molecule has 0 bridgehead atoms. The summed E-state index contributed by atoms with van der Waals surface area (Å²) in [5.74, 6) is -40.8. The second-order valence-corrected chi connectivity index (χ2v) is 33.6. The number of nitrogens with zero attached hydrogens (tertiary/aromatic N) is 6. The van der Waals surface area contributed by atoms with Crippen LogP contribution in [-0.4, -0.2) is 227 Å². The number of hydrogen-bond donors (Lipinski definition) is 0. The number of benzene rings is 6. The van der Waals surface area contributed by atoms with Crippen LogP contribution in [0.1, 0.15) is 400 Å². The van der Waals surface area contributed by atoms with Crippen LogP contribution in [0.3, 0.4) is 0 Å². The minimum absolute atomic E-state index is 0.00233. The molecular weight excluding hydrogens is 1780 g/mol. The molecule has 24 heteroatoms. The standard InChI is InChI=1S/3C20H29NO3.3C19H27NO3/c3*1-5-13(2)8-15-12-21-7-6-14-9-19(23-3)20(24-4)10-16(14)17(21)11-18(15)22;3*1-12(2)7-14-11-20-6-5-13-8-18(22-3)19(23-4)9-15(13)16(20)10-17(14)21/h3*9-10,13,15,17H,5-8,11-12H2,1-4H3;3*8-9,12,14,16H,5-7,10-11H2,1-4H3/i2D3,3D3,5D2,6D2,7D2,8D2,11D2,12D2,13D,15D,17D;2D3,3D3,5D2,6D2,7D2,8D2,11D2,13D,15D,17D;2D3,3D3,5D2,6D2,7D2,8D2,12D2,13D,17D;3D3,5D2,6D2,10D2,11D2,14D,16D;3D3,5D2,6D2,11D2,16D;3D3,8D,9D. The van der Waals surface area contributed by atoms with Gasteiger partial charge in [0.05, 0.1) is 119 Å². The summed E-state index contributed by atoms with van der Waals surface area (Å²) in [5, 5.41) is 0. The maximum Gasteiger partial charge on any atom is 0.161 e. The quantitative estimate of drug-likeness (QED) is 0.0466. The Morgan fingerprint density at radius 2 is 0.667 bits per heavy atom. The van der Waals surface area contributed by atoms with E-state index in [2.05, 4.69) is 18.7 Å². The van der Waals surface area contributed by atoms with Crippen molar-refractivity contribution in [1.82, 2.24) is 29.4 Å². The van der Waals surface area contributed by atoms with E-state index in [1.54, 1.807) is 27.7 Å². The largest absolute Gasteiger partial charge is 0.493 e. The highest BCUT2D eigenvalue weighted by molar-refractivity contribution is 5.86. The van der Waals surface area contributed by atoms with Gasteiger partial charge >= 0.3 is 0 Å². The first-order valence-corrected chi connectivity index (χ1v) is 43.9. The SMILES string of the molecule is [2H]C([2H])([2H])Oc1cc2c(cc1OC)C1([2H])CC(=O)C(C([2H])([2H])C([2H])(C([2H])([2H])[2H])C([2H])([2H])C)C([2H])([2H])N1C([2H])([2H])C2([2H])[2H].[2H]C([2H])([2H])Oc1cc2c(cc1OC)C1([2H])CC(=O)C(CC(C)C)C([2H])([2H])N1C([2H])([2H])C2([2H])[2H].[2H]C([2H])([2H])Oc1cc2c(cc1OC)C1([2H])N(C([2H])([2H])C([2H])(CC(C)C)C(=O)C1([2H])[2H])C([2H])([2H])C2([2H])[2H].[2H]C([2H])([2H])Oc1cc2c(cc1OC)C1([2H])N(C([2H])([2H])C2([2H])[2H])C([2H])([2H])C([2H])(C([2H])([2H])C([2H])(C([2H])([2H])[2H])C([2H])([2H])C)C(=O)C1([2H])[2H].[2H]C([2H])([2H])Oc1cc2c(cc1OC)C1([2H])N(CC([2H])(C([2H])([2H])C([2H])(C([2H])([2H])[2H])C([2H])([2H])C)C(=O)C1([2H])[2H])C([2H])([2H])C2([2H])[2H].[2H]c1c2c(c([2H])c(OC)c1OC([2H])([2H])[2H])C1CC(=O)C(CC(C)C)CN1CC2. The molecular formula is C117H168N6O18. The molecule has 18 rings (SSSR count). The third-order valence-electron chi connectivity index (χ3n) is 23.2. The van der Waals surface area contributed by atoms with Crippen LogP contribution in [0.5, 0.6) is 69.0 Å². The number of piperidine rings is 6. The van der Waals surface area contributed by atoms with E-state index < -0.39 is 444 Å². The second-order valence-electron chi connectivity index (χ2n) is 33.6. The number of aryl methyl sites for hydroxylation is 5. The Balaban J connectivity index is 0.000000217. The smallest absolute Gasteiger partial charge is 0.161 e. The van der Waals surface area contributed by atoms with E-state index in [9.17, 15) is 32.9 Å². The molecule has 15 unspecified atom stereocenters. The van der Waals surface area contributed by atoms with E-state index in [0.29, 0.717) is 86.8 Å². The first-order chi connectivity index (χ1) is 100. The molecule has 0 spiro atoms. The topological polar surface area (TPSA) is 233 Å². The molecule has 0 amide bonds. The molecule has 12 aliphatic heterocycles. The highest BCUT2D eigenvalue weighted by atomic mass is 16.5. The predicted octanol–water partition coefficient (Wildman–Crippen LogP) is 20.6. The van der Waals surface area contributed by atoms with Gasteiger partial charge in [-0.25, -0.2) is 0 Å². The van der Waals surface area contributed by atoms with Crippen LogP contribution in [0.4, 0.5) is 0 Å². The summed E-state index contributed by atoms with van der Waals surface area (Å²) in [6.07, 6.45) is -50.9. The molecule has 0 N–H and O–H groups in total. The zero-order valence-corrected chi connectivity index (χ0v) is 79.4. The zero-order valence-electron chi connectivity index (χ0n) is 165. The number of carbonyl (C=O) groups excluding carboxylic acids is 6. The fourth-order valence-electron chi connectivity index (χ4n) is 16.3. The summed E-state index contributed by atoms with van der Waals surface area (Å²) in [6, 6.07) is -7.85. The van der Waals surface area contributed by atoms with E-state index in [-0.39, 0.29) is 91.2 Å². The van der Waals surface area contributed by atoms with Gasteiger partial charge in [0, 0.05) is 272 Å². The minimum Gasteiger partial charge on any atom is -0.493 e. The Kier molecular flexibility index (Phi) is 15.1. The molecule has 0 radical (unpaired) electrons. The van der Waals surface area contributed by atoms with Crippen molar-refractivity contribution in [2.24, 2.45) is 70.9 Å². The summed E-state index contributed by atoms with van der Waals surface area (Å²) >= 11 is 0. The van der Waals surface area contributed by atoms with Crippen LogP contribution in [-0.2, 0) is 67.1 Å². The maximum absolute atomic E-state index is 14.1. The van der Waals surface area contributed by atoms with Crippen molar-refractivity contribution in [2.75, 3.05) is 163 Å². The van der Waals surface area contributed by atoms with Crippen LogP contribution in [0, 0.1) is 70.9 Å². The molecule has 141 heavy (non-hydrogen) atoms. The number of carbonyl (C=O) groups is 6. The van der Waals surface area contributed by atoms with Crippen LogP contribution < -0.4 is 56.8 Å². The van der Waals surface area contributed by atoms with Gasteiger partial charge in [-0.15, -0.1) is 0 Å². The van der Waals surface area contributed by atoms with E-state index in [1.807, 2.05) is 0 Å². The Hall–Kier alpha value is -9.30. The lowest BCUT2D eigenvalue weighted by molar-refractivity contribution is -0.130. The average molecular weight is 2030 g/mol. The summed E-state index contributed by atoms with van der Waals surface area (Å²) in [6.45, 7) is -31.6. The molecule has 6 aromatic rings.